The van der Waals surface area contributed by atoms with Crippen LogP contribution in [0.2, 0.25) is 5.02 Å². The normalized spacial score (nSPS) is 20.1. The second kappa shape index (κ2) is 8.31. The number of para-hydroxylation sites is 1. The zero-order chi connectivity index (χ0) is 19.6. The Kier molecular flexibility index (Phi) is 6.07. The van der Waals surface area contributed by atoms with E-state index in [0.717, 1.165) is 23.8 Å². The summed E-state index contributed by atoms with van der Waals surface area (Å²) in [5.74, 6) is -0.163. The smallest absolute Gasteiger partial charge is 0.290 e. The Bertz CT molecular complexity index is 848. The van der Waals surface area contributed by atoms with E-state index in [0.29, 0.717) is 36.1 Å². The first-order valence-electron chi connectivity index (χ1n) is 9.19. The number of amides is 2. The maximum Gasteiger partial charge on any atom is 0.290 e. The third kappa shape index (κ3) is 3.96. The summed E-state index contributed by atoms with van der Waals surface area (Å²) in [6.45, 7) is 5.18. The predicted octanol–water partition coefficient (Wildman–Crippen LogP) is 3.40. The lowest BCUT2D eigenvalue weighted by molar-refractivity contribution is -0.126. The van der Waals surface area contributed by atoms with E-state index in [-0.39, 0.29) is 23.8 Å². The molecule has 2 atom stereocenters. The van der Waals surface area contributed by atoms with Crippen LogP contribution in [0.4, 0.5) is 0 Å². The number of benzene rings is 1. The number of furan rings is 1. The molecule has 1 saturated heterocycles. The van der Waals surface area contributed by atoms with Crippen molar-refractivity contribution in [2.75, 3.05) is 26.8 Å². The molecule has 0 aliphatic carbocycles. The fourth-order valence-corrected chi connectivity index (χ4v) is 3.78. The first kappa shape index (κ1) is 19.7. The largest absolute Gasteiger partial charge is 0.449 e. The highest BCUT2D eigenvalue weighted by atomic mass is 35.5. The summed E-state index contributed by atoms with van der Waals surface area (Å²) in [6, 6.07) is 5.52. The van der Waals surface area contributed by atoms with Crippen LogP contribution in [0.3, 0.4) is 0 Å². The number of carbonyl (C=O) groups is 2. The fraction of sp³-hybridized carbons (Fsp3) is 0.500. The zero-order valence-corrected chi connectivity index (χ0v) is 16.6. The Morgan fingerprint density at radius 2 is 2.15 bits per heavy atom. The molecule has 2 unspecified atom stereocenters. The first-order chi connectivity index (χ1) is 12.9. The molecule has 1 aliphatic rings. The number of hydrogen-bond donors (Lipinski definition) is 1. The molecule has 2 aromatic rings. The molecule has 0 bridgehead atoms. The van der Waals surface area contributed by atoms with Crippen molar-refractivity contribution in [2.45, 2.75) is 32.7 Å². The molecule has 146 valence electrons. The molecule has 1 aromatic heterocycles. The number of nitrogens with zero attached hydrogens (tertiary/aromatic N) is 1. The van der Waals surface area contributed by atoms with Gasteiger partial charge in [-0.25, -0.2) is 0 Å². The zero-order valence-electron chi connectivity index (χ0n) is 15.9. The van der Waals surface area contributed by atoms with E-state index in [9.17, 15) is 9.59 Å². The Morgan fingerprint density at radius 1 is 1.37 bits per heavy atom. The number of hydrogen-bond acceptors (Lipinski definition) is 4. The number of carbonyl (C=O) groups excluding carboxylic acids is 2. The van der Waals surface area contributed by atoms with Gasteiger partial charge < -0.3 is 19.4 Å². The summed E-state index contributed by atoms with van der Waals surface area (Å²) in [5.41, 5.74) is 1.30. The number of ether oxygens (including phenoxy) is 1. The molecule has 0 spiro atoms. The van der Waals surface area contributed by atoms with Crippen molar-refractivity contribution in [3.05, 3.63) is 34.5 Å². The van der Waals surface area contributed by atoms with Gasteiger partial charge in [-0.05, 0) is 32.8 Å². The molecule has 1 N–H and O–H groups in total. The van der Waals surface area contributed by atoms with Crippen LogP contribution in [-0.2, 0) is 9.53 Å². The van der Waals surface area contributed by atoms with Crippen molar-refractivity contribution in [2.24, 2.45) is 5.92 Å². The van der Waals surface area contributed by atoms with Gasteiger partial charge in [-0.15, -0.1) is 0 Å². The lowest BCUT2D eigenvalue weighted by Crippen LogP contribution is -2.49. The van der Waals surface area contributed by atoms with Gasteiger partial charge in [-0.2, -0.15) is 0 Å². The summed E-state index contributed by atoms with van der Waals surface area (Å²) in [7, 11) is 1.59. The quantitative estimate of drug-likeness (QED) is 0.791. The maximum absolute atomic E-state index is 13.2. The number of aryl methyl sites for hydroxylation is 1. The van der Waals surface area contributed by atoms with Crippen LogP contribution in [0, 0.1) is 12.8 Å². The minimum absolute atomic E-state index is 0.0406. The maximum atomic E-state index is 13.2. The fourth-order valence-electron chi connectivity index (χ4n) is 3.57. The van der Waals surface area contributed by atoms with Gasteiger partial charge in [0, 0.05) is 37.2 Å². The molecule has 6 nitrogen and oxygen atoms in total. The van der Waals surface area contributed by atoms with Crippen molar-refractivity contribution in [3.8, 4) is 0 Å². The average Bonchev–Trinajstić information content (AvgIpc) is 3.00. The second-order valence-corrected chi connectivity index (χ2v) is 7.44. The van der Waals surface area contributed by atoms with Crippen molar-refractivity contribution >= 4 is 34.4 Å². The number of nitrogens with one attached hydrogen (secondary N) is 1. The Balaban J connectivity index is 1.80. The predicted molar refractivity (Wildman–Crippen MR) is 104 cm³/mol. The average molecular weight is 393 g/mol. The molecule has 1 fully saturated rings. The third-order valence-corrected chi connectivity index (χ3v) is 5.53. The van der Waals surface area contributed by atoms with Crippen LogP contribution in [0.1, 0.15) is 35.9 Å². The standard InChI is InChI=1S/C20H25ClN2O4/c1-12-7-8-14(19(24)22-9-10-26-3)11-23(12)20(25)17-13(2)15-5-4-6-16(21)18(15)27-17/h4-6,12,14H,7-11H2,1-3H3,(H,22,24). The highest BCUT2D eigenvalue weighted by Gasteiger charge is 2.35. The molecule has 7 heteroatoms. The van der Waals surface area contributed by atoms with Crippen LogP contribution in [-0.4, -0.2) is 49.6 Å². The van der Waals surface area contributed by atoms with Crippen LogP contribution in [0.5, 0.6) is 0 Å². The van der Waals surface area contributed by atoms with E-state index in [1.165, 1.54) is 0 Å². The topological polar surface area (TPSA) is 71.8 Å². The van der Waals surface area contributed by atoms with Gasteiger partial charge >= 0.3 is 0 Å². The van der Waals surface area contributed by atoms with Gasteiger partial charge in [0.15, 0.2) is 11.3 Å². The van der Waals surface area contributed by atoms with Crippen molar-refractivity contribution in [1.29, 1.82) is 0 Å². The van der Waals surface area contributed by atoms with Crippen molar-refractivity contribution in [3.63, 3.8) is 0 Å². The minimum atomic E-state index is -0.227. The molecule has 2 heterocycles. The summed E-state index contributed by atoms with van der Waals surface area (Å²) < 4.78 is 10.8. The van der Waals surface area contributed by atoms with E-state index in [1.807, 2.05) is 26.0 Å². The first-order valence-corrected chi connectivity index (χ1v) is 9.57. The van der Waals surface area contributed by atoms with Gasteiger partial charge in [0.1, 0.15) is 0 Å². The van der Waals surface area contributed by atoms with Crippen LogP contribution in [0.15, 0.2) is 22.6 Å². The third-order valence-electron chi connectivity index (χ3n) is 5.23. The van der Waals surface area contributed by atoms with E-state index in [2.05, 4.69) is 5.32 Å². The Morgan fingerprint density at radius 3 is 2.85 bits per heavy atom. The van der Waals surface area contributed by atoms with Gasteiger partial charge in [0.05, 0.1) is 17.5 Å². The summed E-state index contributed by atoms with van der Waals surface area (Å²) in [4.78, 5) is 27.3. The number of likely N-dealkylation sites (tertiary alicyclic amines) is 1. The molecular weight excluding hydrogens is 368 g/mol. The van der Waals surface area contributed by atoms with Crippen molar-refractivity contribution < 1.29 is 18.7 Å². The number of piperidine rings is 1. The van der Waals surface area contributed by atoms with Gasteiger partial charge in [0.25, 0.3) is 5.91 Å². The van der Waals surface area contributed by atoms with E-state index in [1.54, 1.807) is 18.1 Å². The van der Waals surface area contributed by atoms with E-state index >= 15 is 0 Å². The number of rotatable bonds is 5. The van der Waals surface area contributed by atoms with E-state index < -0.39 is 0 Å². The molecule has 1 aliphatic heterocycles. The van der Waals surface area contributed by atoms with Gasteiger partial charge in [0.2, 0.25) is 5.91 Å². The molecule has 2 amide bonds. The summed E-state index contributed by atoms with van der Waals surface area (Å²) >= 11 is 6.20. The lowest BCUT2D eigenvalue weighted by Gasteiger charge is -2.37. The Labute approximate surface area is 163 Å². The lowest BCUT2D eigenvalue weighted by atomic mass is 9.92. The van der Waals surface area contributed by atoms with Crippen LogP contribution in [0.25, 0.3) is 11.0 Å². The molecule has 0 radical (unpaired) electrons. The molecule has 3 rings (SSSR count). The summed E-state index contributed by atoms with van der Waals surface area (Å²) in [6.07, 6.45) is 1.53. The highest BCUT2D eigenvalue weighted by molar-refractivity contribution is 6.35. The molecular formula is C20H25ClN2O4. The molecule has 27 heavy (non-hydrogen) atoms. The number of halogens is 1. The van der Waals surface area contributed by atoms with E-state index in [4.69, 9.17) is 20.8 Å². The summed E-state index contributed by atoms with van der Waals surface area (Å²) in [5, 5.41) is 4.19. The van der Waals surface area contributed by atoms with Crippen molar-refractivity contribution in [1.82, 2.24) is 10.2 Å². The van der Waals surface area contributed by atoms with Gasteiger partial charge in [-0.3, -0.25) is 9.59 Å². The molecule has 0 saturated carbocycles. The van der Waals surface area contributed by atoms with Gasteiger partial charge in [-0.1, -0.05) is 23.7 Å². The SMILES string of the molecule is COCCNC(=O)C1CCC(C)N(C(=O)c2oc3c(Cl)cccc3c2C)C1. The Hall–Kier alpha value is -2.05. The number of methoxy groups -OCH3 is 1. The van der Waals surface area contributed by atoms with Crippen LogP contribution < -0.4 is 5.32 Å². The van der Waals surface area contributed by atoms with Crippen LogP contribution >= 0.6 is 11.6 Å². The molecule has 1 aromatic carbocycles. The minimum Gasteiger partial charge on any atom is -0.449 e. The highest BCUT2D eigenvalue weighted by Crippen LogP contribution is 2.33. The number of fused-ring (bicyclic) bond motifs is 1. The monoisotopic (exact) mass is 392 g/mol. The second-order valence-electron chi connectivity index (χ2n) is 7.04.